The summed E-state index contributed by atoms with van der Waals surface area (Å²) in [6.07, 6.45) is 3.50. The molecule has 4 nitrogen and oxygen atoms in total. The second-order valence-corrected chi connectivity index (χ2v) is 3.22. The third kappa shape index (κ3) is 1.25. The van der Waals surface area contributed by atoms with E-state index in [2.05, 4.69) is 10.1 Å². The standard InChI is InChI=1S/C10H12N4/c1-7-9(13-14(2)10(7)11)8-3-5-12-6-4-8/h3-6H,11H2,1-2H3. The Morgan fingerprint density at radius 2 is 1.93 bits per heavy atom. The molecule has 0 amide bonds. The fraction of sp³-hybridized carbons (Fsp3) is 0.200. The highest BCUT2D eigenvalue weighted by Crippen LogP contribution is 2.24. The molecule has 0 saturated carbocycles. The Morgan fingerprint density at radius 3 is 2.43 bits per heavy atom. The number of aryl methyl sites for hydroxylation is 1. The number of nitrogen functional groups attached to an aromatic ring is 1. The summed E-state index contributed by atoms with van der Waals surface area (Å²) < 4.78 is 1.69. The molecule has 0 radical (unpaired) electrons. The number of hydrogen-bond donors (Lipinski definition) is 1. The van der Waals surface area contributed by atoms with E-state index in [4.69, 9.17) is 5.73 Å². The highest BCUT2D eigenvalue weighted by Gasteiger charge is 2.10. The van der Waals surface area contributed by atoms with Gasteiger partial charge >= 0.3 is 0 Å². The molecule has 2 aromatic heterocycles. The third-order valence-corrected chi connectivity index (χ3v) is 2.29. The van der Waals surface area contributed by atoms with Crippen molar-refractivity contribution in [1.29, 1.82) is 0 Å². The number of rotatable bonds is 1. The first-order chi connectivity index (χ1) is 6.70. The second-order valence-electron chi connectivity index (χ2n) is 3.22. The van der Waals surface area contributed by atoms with Gasteiger partial charge in [-0.3, -0.25) is 9.67 Å². The van der Waals surface area contributed by atoms with Gasteiger partial charge in [0.05, 0.1) is 5.69 Å². The Balaban J connectivity index is 2.58. The van der Waals surface area contributed by atoms with Gasteiger partial charge in [-0.25, -0.2) is 0 Å². The molecule has 0 spiro atoms. The molecular formula is C10H12N4. The Kier molecular flexibility index (Phi) is 1.96. The molecule has 0 aliphatic heterocycles. The number of aromatic nitrogens is 3. The molecule has 0 atom stereocenters. The molecule has 0 aromatic carbocycles. The first-order valence-corrected chi connectivity index (χ1v) is 4.39. The summed E-state index contributed by atoms with van der Waals surface area (Å²) >= 11 is 0. The number of pyridine rings is 1. The summed E-state index contributed by atoms with van der Waals surface area (Å²) in [5, 5.41) is 4.34. The fourth-order valence-electron chi connectivity index (χ4n) is 1.43. The SMILES string of the molecule is Cc1c(-c2ccncc2)nn(C)c1N. The van der Waals surface area contributed by atoms with Crippen LogP contribution in [0.4, 0.5) is 5.82 Å². The molecule has 2 rings (SSSR count). The average molecular weight is 188 g/mol. The molecule has 0 bridgehead atoms. The predicted molar refractivity (Wildman–Crippen MR) is 55.6 cm³/mol. The molecule has 14 heavy (non-hydrogen) atoms. The van der Waals surface area contributed by atoms with Crippen LogP contribution in [0.3, 0.4) is 0 Å². The average Bonchev–Trinajstić information content (AvgIpc) is 2.47. The molecular weight excluding hydrogens is 176 g/mol. The van der Waals surface area contributed by atoms with Crippen LogP contribution in [-0.4, -0.2) is 14.8 Å². The third-order valence-electron chi connectivity index (χ3n) is 2.29. The van der Waals surface area contributed by atoms with E-state index in [9.17, 15) is 0 Å². The Hall–Kier alpha value is -1.84. The molecule has 2 aromatic rings. The van der Waals surface area contributed by atoms with Gasteiger partial charge in [-0.05, 0) is 19.1 Å². The van der Waals surface area contributed by atoms with Gasteiger partial charge in [-0.15, -0.1) is 0 Å². The van der Waals surface area contributed by atoms with Crippen LogP contribution in [-0.2, 0) is 7.05 Å². The number of anilines is 1. The van der Waals surface area contributed by atoms with E-state index in [1.54, 1.807) is 17.1 Å². The van der Waals surface area contributed by atoms with Crippen molar-refractivity contribution in [3.63, 3.8) is 0 Å². The summed E-state index contributed by atoms with van der Waals surface area (Å²) in [5.41, 5.74) is 8.81. The van der Waals surface area contributed by atoms with E-state index in [-0.39, 0.29) is 0 Å². The maximum Gasteiger partial charge on any atom is 0.124 e. The van der Waals surface area contributed by atoms with Crippen molar-refractivity contribution in [2.24, 2.45) is 7.05 Å². The van der Waals surface area contributed by atoms with Gasteiger partial charge in [0, 0.05) is 30.6 Å². The van der Waals surface area contributed by atoms with Gasteiger partial charge in [0.25, 0.3) is 0 Å². The van der Waals surface area contributed by atoms with Gasteiger partial charge in [-0.1, -0.05) is 0 Å². The fourth-order valence-corrected chi connectivity index (χ4v) is 1.43. The zero-order valence-electron chi connectivity index (χ0n) is 8.23. The highest BCUT2D eigenvalue weighted by atomic mass is 15.3. The highest BCUT2D eigenvalue weighted by molar-refractivity contribution is 5.67. The lowest BCUT2D eigenvalue weighted by atomic mass is 10.1. The monoisotopic (exact) mass is 188 g/mol. The van der Waals surface area contributed by atoms with Gasteiger partial charge < -0.3 is 5.73 Å². The minimum absolute atomic E-state index is 0.705. The molecule has 0 fully saturated rings. The van der Waals surface area contributed by atoms with Crippen LogP contribution in [0.2, 0.25) is 0 Å². The normalized spacial score (nSPS) is 10.4. The molecule has 0 saturated heterocycles. The molecule has 4 heteroatoms. The second kappa shape index (κ2) is 3.14. The Morgan fingerprint density at radius 1 is 1.29 bits per heavy atom. The summed E-state index contributed by atoms with van der Waals surface area (Å²) in [4.78, 5) is 3.96. The van der Waals surface area contributed by atoms with Crippen LogP contribution >= 0.6 is 0 Å². The van der Waals surface area contributed by atoms with Crippen molar-refractivity contribution in [2.45, 2.75) is 6.92 Å². The zero-order chi connectivity index (χ0) is 10.1. The molecule has 2 N–H and O–H groups in total. The maximum absolute atomic E-state index is 5.82. The van der Waals surface area contributed by atoms with Crippen molar-refractivity contribution in [3.05, 3.63) is 30.1 Å². The Labute approximate surface area is 82.4 Å². The van der Waals surface area contributed by atoms with E-state index in [1.165, 1.54) is 0 Å². The van der Waals surface area contributed by atoms with E-state index < -0.39 is 0 Å². The minimum Gasteiger partial charge on any atom is -0.384 e. The quantitative estimate of drug-likeness (QED) is 0.735. The topological polar surface area (TPSA) is 56.7 Å². The molecule has 0 unspecified atom stereocenters. The van der Waals surface area contributed by atoms with Crippen LogP contribution in [0.1, 0.15) is 5.56 Å². The molecule has 0 aliphatic carbocycles. The number of nitrogens with two attached hydrogens (primary N) is 1. The van der Waals surface area contributed by atoms with E-state index >= 15 is 0 Å². The number of nitrogens with zero attached hydrogens (tertiary/aromatic N) is 3. The van der Waals surface area contributed by atoms with E-state index in [0.717, 1.165) is 16.8 Å². The van der Waals surface area contributed by atoms with Crippen LogP contribution in [0.25, 0.3) is 11.3 Å². The molecule has 0 aliphatic rings. The molecule has 72 valence electrons. The lowest BCUT2D eigenvalue weighted by Gasteiger charge is -1.96. The lowest BCUT2D eigenvalue weighted by molar-refractivity contribution is 0.782. The first-order valence-electron chi connectivity index (χ1n) is 4.39. The summed E-state index contributed by atoms with van der Waals surface area (Å²) in [6, 6.07) is 3.85. The summed E-state index contributed by atoms with van der Waals surface area (Å²) in [7, 11) is 1.84. The largest absolute Gasteiger partial charge is 0.384 e. The first kappa shape index (κ1) is 8.74. The van der Waals surface area contributed by atoms with Crippen molar-refractivity contribution in [2.75, 3.05) is 5.73 Å². The van der Waals surface area contributed by atoms with Crippen LogP contribution in [0, 0.1) is 6.92 Å². The van der Waals surface area contributed by atoms with Gasteiger partial charge in [0.15, 0.2) is 0 Å². The smallest absolute Gasteiger partial charge is 0.124 e. The predicted octanol–water partition coefficient (Wildman–Crippen LogP) is 1.37. The van der Waals surface area contributed by atoms with Gasteiger partial charge in [-0.2, -0.15) is 5.10 Å². The van der Waals surface area contributed by atoms with Crippen LogP contribution < -0.4 is 5.73 Å². The Bertz CT molecular complexity index is 445. The van der Waals surface area contributed by atoms with Gasteiger partial charge in [0.2, 0.25) is 0 Å². The summed E-state index contributed by atoms with van der Waals surface area (Å²) in [6.45, 7) is 1.97. The van der Waals surface area contributed by atoms with E-state index in [1.807, 2.05) is 26.1 Å². The number of hydrogen-bond acceptors (Lipinski definition) is 3. The van der Waals surface area contributed by atoms with Crippen molar-refractivity contribution < 1.29 is 0 Å². The minimum atomic E-state index is 0.705. The molecule has 2 heterocycles. The lowest BCUT2D eigenvalue weighted by Crippen LogP contribution is -1.97. The van der Waals surface area contributed by atoms with E-state index in [0.29, 0.717) is 5.82 Å². The van der Waals surface area contributed by atoms with Crippen LogP contribution in [0.15, 0.2) is 24.5 Å². The van der Waals surface area contributed by atoms with Crippen molar-refractivity contribution in [3.8, 4) is 11.3 Å². The van der Waals surface area contributed by atoms with Gasteiger partial charge in [0.1, 0.15) is 5.82 Å². The summed E-state index contributed by atoms with van der Waals surface area (Å²) in [5.74, 6) is 0.705. The van der Waals surface area contributed by atoms with Crippen molar-refractivity contribution in [1.82, 2.24) is 14.8 Å². The van der Waals surface area contributed by atoms with Crippen molar-refractivity contribution >= 4 is 5.82 Å². The maximum atomic E-state index is 5.82. The zero-order valence-corrected chi connectivity index (χ0v) is 8.23. The van der Waals surface area contributed by atoms with Crippen LogP contribution in [0.5, 0.6) is 0 Å².